The molecule has 0 saturated heterocycles. The molecule has 0 aliphatic heterocycles. The van der Waals surface area contributed by atoms with Gasteiger partial charge in [-0.25, -0.2) is 0 Å². The topological polar surface area (TPSA) is 18.5 Å². The maximum Gasteiger partial charge on any atom is 0.0720 e. The van der Waals surface area contributed by atoms with Gasteiger partial charge in [0.15, 0.2) is 0 Å². The summed E-state index contributed by atoms with van der Waals surface area (Å²) in [5.74, 6) is 0.862. The molecular formula is C16H24O2. The molecule has 0 unspecified atom stereocenters. The first-order chi connectivity index (χ1) is 8.74. The third-order valence-electron chi connectivity index (χ3n) is 3.19. The lowest BCUT2D eigenvalue weighted by molar-refractivity contribution is 0.0657. The smallest absolute Gasteiger partial charge is 0.0720 e. The Labute approximate surface area is 110 Å². The van der Waals surface area contributed by atoms with Crippen molar-refractivity contribution in [2.24, 2.45) is 5.92 Å². The molecular weight excluding hydrogens is 224 g/mol. The first-order valence-corrected chi connectivity index (χ1v) is 7.01. The summed E-state index contributed by atoms with van der Waals surface area (Å²) in [6.45, 7) is 6.63. The van der Waals surface area contributed by atoms with Crippen LogP contribution in [0.5, 0.6) is 0 Å². The highest BCUT2D eigenvalue weighted by atomic mass is 16.5. The Morgan fingerprint density at radius 2 is 1.78 bits per heavy atom. The molecule has 0 radical (unpaired) electrons. The van der Waals surface area contributed by atoms with Gasteiger partial charge in [0.25, 0.3) is 0 Å². The van der Waals surface area contributed by atoms with Gasteiger partial charge in [0, 0.05) is 6.61 Å². The summed E-state index contributed by atoms with van der Waals surface area (Å²) < 4.78 is 11.2. The van der Waals surface area contributed by atoms with Crippen LogP contribution >= 0.6 is 0 Å². The third-order valence-corrected chi connectivity index (χ3v) is 3.19. The normalized spacial score (nSPS) is 15.3. The number of hydrogen-bond donors (Lipinski definition) is 0. The molecule has 1 saturated carbocycles. The maximum atomic E-state index is 5.65. The third kappa shape index (κ3) is 5.19. The maximum absolute atomic E-state index is 5.65. The molecule has 2 rings (SSSR count). The molecule has 0 bridgehead atoms. The van der Waals surface area contributed by atoms with Crippen molar-refractivity contribution in [3.05, 3.63) is 35.4 Å². The first kappa shape index (κ1) is 13.6. The summed E-state index contributed by atoms with van der Waals surface area (Å²) in [7, 11) is 0. The molecule has 0 N–H and O–H groups in total. The Balaban J connectivity index is 1.65. The SMILES string of the molecule is CC(C)OCc1ccc(CCOCC2CC2)cc1. The van der Waals surface area contributed by atoms with E-state index in [2.05, 4.69) is 38.1 Å². The van der Waals surface area contributed by atoms with Gasteiger partial charge in [-0.3, -0.25) is 0 Å². The number of hydrogen-bond acceptors (Lipinski definition) is 2. The Morgan fingerprint density at radius 1 is 1.11 bits per heavy atom. The van der Waals surface area contributed by atoms with Crippen LogP contribution in [0.1, 0.15) is 37.8 Å². The van der Waals surface area contributed by atoms with Crippen LogP contribution in [-0.4, -0.2) is 19.3 Å². The molecule has 100 valence electrons. The monoisotopic (exact) mass is 248 g/mol. The summed E-state index contributed by atoms with van der Waals surface area (Å²) in [6.07, 6.45) is 4.04. The standard InChI is InChI=1S/C16H24O2/c1-13(2)18-12-16-5-3-14(4-6-16)9-10-17-11-15-7-8-15/h3-6,13,15H,7-12H2,1-2H3. The highest BCUT2D eigenvalue weighted by Crippen LogP contribution is 2.28. The molecule has 0 aromatic heterocycles. The van der Waals surface area contributed by atoms with E-state index in [0.29, 0.717) is 12.7 Å². The van der Waals surface area contributed by atoms with Crippen molar-refractivity contribution in [2.75, 3.05) is 13.2 Å². The van der Waals surface area contributed by atoms with E-state index in [1.165, 1.54) is 24.0 Å². The van der Waals surface area contributed by atoms with Gasteiger partial charge < -0.3 is 9.47 Å². The van der Waals surface area contributed by atoms with E-state index in [0.717, 1.165) is 25.6 Å². The molecule has 1 fully saturated rings. The minimum atomic E-state index is 0.292. The predicted octanol–water partition coefficient (Wildman–Crippen LogP) is 3.58. The molecule has 1 aliphatic carbocycles. The summed E-state index contributed by atoms with van der Waals surface area (Å²) in [4.78, 5) is 0. The van der Waals surface area contributed by atoms with Gasteiger partial charge in [0.2, 0.25) is 0 Å². The zero-order valence-corrected chi connectivity index (χ0v) is 11.5. The second kappa shape index (κ2) is 6.91. The molecule has 0 spiro atoms. The molecule has 18 heavy (non-hydrogen) atoms. The highest BCUT2D eigenvalue weighted by molar-refractivity contribution is 5.22. The van der Waals surface area contributed by atoms with Crippen LogP contribution in [0.3, 0.4) is 0 Å². The van der Waals surface area contributed by atoms with Crippen molar-refractivity contribution in [3.8, 4) is 0 Å². The second-order valence-corrected chi connectivity index (χ2v) is 5.44. The van der Waals surface area contributed by atoms with Gasteiger partial charge in [0.05, 0.1) is 19.3 Å². The van der Waals surface area contributed by atoms with Crippen molar-refractivity contribution in [2.45, 2.75) is 45.8 Å². The minimum absolute atomic E-state index is 0.292. The molecule has 0 amide bonds. The Kier molecular flexibility index (Phi) is 5.21. The second-order valence-electron chi connectivity index (χ2n) is 5.44. The molecule has 1 aromatic rings. The van der Waals surface area contributed by atoms with Gasteiger partial charge in [-0.1, -0.05) is 24.3 Å². The molecule has 2 heteroatoms. The fourth-order valence-electron chi connectivity index (χ4n) is 1.79. The fourth-order valence-corrected chi connectivity index (χ4v) is 1.79. The Hall–Kier alpha value is -0.860. The van der Waals surface area contributed by atoms with E-state index in [9.17, 15) is 0 Å². The lowest BCUT2D eigenvalue weighted by atomic mass is 10.1. The average molecular weight is 248 g/mol. The molecule has 0 heterocycles. The van der Waals surface area contributed by atoms with E-state index >= 15 is 0 Å². The van der Waals surface area contributed by atoms with Crippen molar-refractivity contribution in [1.82, 2.24) is 0 Å². The largest absolute Gasteiger partial charge is 0.381 e. The van der Waals surface area contributed by atoms with Crippen molar-refractivity contribution < 1.29 is 9.47 Å². The van der Waals surface area contributed by atoms with E-state index in [4.69, 9.17) is 9.47 Å². The fraction of sp³-hybridized carbons (Fsp3) is 0.625. The lowest BCUT2D eigenvalue weighted by Gasteiger charge is -2.08. The van der Waals surface area contributed by atoms with Crippen molar-refractivity contribution in [1.29, 1.82) is 0 Å². The van der Waals surface area contributed by atoms with E-state index in [1.807, 2.05) is 0 Å². The summed E-state index contributed by atoms with van der Waals surface area (Å²) in [6, 6.07) is 8.66. The van der Waals surface area contributed by atoms with Crippen LogP contribution in [0.25, 0.3) is 0 Å². The van der Waals surface area contributed by atoms with Crippen LogP contribution in [0, 0.1) is 5.92 Å². The quantitative estimate of drug-likeness (QED) is 0.655. The lowest BCUT2D eigenvalue weighted by Crippen LogP contribution is -2.03. The van der Waals surface area contributed by atoms with E-state index in [1.54, 1.807) is 0 Å². The Bertz CT molecular complexity index is 339. The summed E-state index contributed by atoms with van der Waals surface area (Å²) in [5, 5.41) is 0. The van der Waals surface area contributed by atoms with Crippen LogP contribution in [0.2, 0.25) is 0 Å². The van der Waals surface area contributed by atoms with Crippen LogP contribution in [-0.2, 0) is 22.5 Å². The van der Waals surface area contributed by atoms with Crippen LogP contribution < -0.4 is 0 Å². The number of rotatable bonds is 8. The van der Waals surface area contributed by atoms with Crippen LogP contribution in [0.15, 0.2) is 24.3 Å². The van der Waals surface area contributed by atoms with Crippen molar-refractivity contribution in [3.63, 3.8) is 0 Å². The van der Waals surface area contributed by atoms with Gasteiger partial charge in [-0.15, -0.1) is 0 Å². The number of benzene rings is 1. The highest BCUT2D eigenvalue weighted by Gasteiger charge is 2.20. The van der Waals surface area contributed by atoms with Gasteiger partial charge in [-0.2, -0.15) is 0 Å². The van der Waals surface area contributed by atoms with Gasteiger partial charge >= 0.3 is 0 Å². The minimum Gasteiger partial charge on any atom is -0.381 e. The first-order valence-electron chi connectivity index (χ1n) is 7.01. The Morgan fingerprint density at radius 3 is 2.39 bits per heavy atom. The molecule has 0 atom stereocenters. The zero-order chi connectivity index (χ0) is 12.8. The van der Waals surface area contributed by atoms with E-state index in [-0.39, 0.29) is 0 Å². The average Bonchev–Trinajstić information content (AvgIpc) is 3.17. The zero-order valence-electron chi connectivity index (χ0n) is 11.5. The molecule has 1 aromatic carbocycles. The molecule has 1 aliphatic rings. The molecule has 2 nitrogen and oxygen atoms in total. The van der Waals surface area contributed by atoms with Gasteiger partial charge in [-0.05, 0) is 50.2 Å². The van der Waals surface area contributed by atoms with E-state index < -0.39 is 0 Å². The van der Waals surface area contributed by atoms with Crippen molar-refractivity contribution >= 4 is 0 Å². The summed E-state index contributed by atoms with van der Waals surface area (Å²) in [5.41, 5.74) is 2.59. The predicted molar refractivity (Wildman–Crippen MR) is 73.6 cm³/mol. The summed E-state index contributed by atoms with van der Waals surface area (Å²) >= 11 is 0. The van der Waals surface area contributed by atoms with Gasteiger partial charge in [0.1, 0.15) is 0 Å². The number of ether oxygens (including phenoxy) is 2. The van der Waals surface area contributed by atoms with Crippen LogP contribution in [0.4, 0.5) is 0 Å².